The molecule has 0 bridgehead atoms. The Morgan fingerprint density at radius 3 is 1.75 bits per heavy atom. The van der Waals surface area contributed by atoms with E-state index in [1.54, 1.807) is 0 Å². The minimum Gasteiger partial charge on any atom is -0.310 e. The molecular weight excluding hydrogens is 689 g/mol. The molecule has 1 spiro atoms. The molecule has 0 amide bonds. The lowest BCUT2D eigenvalue weighted by molar-refractivity contribution is 0.662. The molecule has 2 heteroatoms. The fraction of sp³-hybridized carbons (Fsp3) is 0.127. The molecular formula is C55H44N2. The van der Waals surface area contributed by atoms with Gasteiger partial charge < -0.3 is 9.47 Å². The van der Waals surface area contributed by atoms with Crippen LogP contribution in [0.1, 0.15) is 66.0 Å². The van der Waals surface area contributed by atoms with Gasteiger partial charge in [-0.3, -0.25) is 0 Å². The lowest BCUT2D eigenvalue weighted by Gasteiger charge is -2.33. The van der Waals surface area contributed by atoms with Gasteiger partial charge in [0.25, 0.3) is 0 Å². The third-order valence-electron chi connectivity index (χ3n) is 12.9. The summed E-state index contributed by atoms with van der Waals surface area (Å²) in [7, 11) is 0. The molecule has 0 aliphatic heterocycles. The number of aromatic nitrogens is 1. The second-order valence-corrected chi connectivity index (χ2v) is 16.1. The Labute approximate surface area is 335 Å². The van der Waals surface area contributed by atoms with E-state index in [1.807, 2.05) is 0 Å². The van der Waals surface area contributed by atoms with Gasteiger partial charge in [-0.1, -0.05) is 147 Å². The van der Waals surface area contributed by atoms with Gasteiger partial charge in [0.1, 0.15) is 0 Å². The zero-order chi connectivity index (χ0) is 38.3. The largest absolute Gasteiger partial charge is 0.310 e. The van der Waals surface area contributed by atoms with Crippen LogP contribution >= 0.6 is 0 Å². The van der Waals surface area contributed by atoms with Gasteiger partial charge in [0.15, 0.2) is 0 Å². The van der Waals surface area contributed by atoms with Crippen molar-refractivity contribution in [3.05, 3.63) is 215 Å². The lowest BCUT2D eigenvalue weighted by Crippen LogP contribution is -2.26. The number of hydrogen-bond acceptors (Lipinski definition) is 1. The molecule has 8 aromatic carbocycles. The second kappa shape index (κ2) is 13.0. The summed E-state index contributed by atoms with van der Waals surface area (Å²) < 4.78 is 2.39. The minimum atomic E-state index is -0.427. The number of aryl methyl sites for hydroxylation is 1. The smallest absolute Gasteiger partial charge is 0.0726 e. The van der Waals surface area contributed by atoms with Crippen LogP contribution in [-0.2, 0) is 5.41 Å². The van der Waals surface area contributed by atoms with Gasteiger partial charge in [0, 0.05) is 33.5 Å². The van der Waals surface area contributed by atoms with E-state index < -0.39 is 5.41 Å². The molecule has 57 heavy (non-hydrogen) atoms. The van der Waals surface area contributed by atoms with Gasteiger partial charge >= 0.3 is 0 Å². The van der Waals surface area contributed by atoms with Crippen molar-refractivity contribution >= 4 is 38.9 Å². The molecule has 2 nitrogen and oxygen atoms in total. The van der Waals surface area contributed by atoms with Crippen LogP contribution in [0.2, 0.25) is 0 Å². The Morgan fingerprint density at radius 2 is 1.04 bits per heavy atom. The van der Waals surface area contributed by atoms with Crippen molar-refractivity contribution in [3.8, 4) is 27.9 Å². The van der Waals surface area contributed by atoms with Gasteiger partial charge in [-0.25, -0.2) is 0 Å². The standard InChI is InChI=1S/C55H44N2/c1-4-14-37(3)38-24-31-45-44-30-23-36(2)33-50(44)55(51(45)34-38)49-20-11-8-17-43(49)46-32-29-42(35-52(46)55)56(39-15-6-5-7-16-39)40-25-27-41(28-26-40)57-53-21-12-9-18-47(53)48-19-10-13-22-54(48)57/h5-13,15-35,37H,4,14H2,1-3H3. The normalized spacial score (nSPS) is 15.4. The number of anilines is 3. The molecule has 2 unspecified atom stereocenters. The number of benzene rings is 8. The summed E-state index contributed by atoms with van der Waals surface area (Å²) in [5.41, 5.74) is 20.1. The maximum atomic E-state index is 2.56. The van der Waals surface area contributed by atoms with Crippen molar-refractivity contribution in [3.63, 3.8) is 0 Å². The molecule has 0 saturated carbocycles. The Morgan fingerprint density at radius 1 is 0.491 bits per heavy atom. The molecule has 0 radical (unpaired) electrons. The average molecular weight is 733 g/mol. The summed E-state index contributed by atoms with van der Waals surface area (Å²) in [6.07, 6.45) is 2.35. The predicted octanol–water partition coefficient (Wildman–Crippen LogP) is 14.8. The quantitative estimate of drug-likeness (QED) is 0.158. The van der Waals surface area contributed by atoms with Crippen molar-refractivity contribution in [1.82, 2.24) is 4.57 Å². The van der Waals surface area contributed by atoms with E-state index in [2.05, 4.69) is 212 Å². The van der Waals surface area contributed by atoms with Crippen LogP contribution in [-0.4, -0.2) is 4.57 Å². The number of hydrogen-bond donors (Lipinski definition) is 0. The van der Waals surface area contributed by atoms with Crippen LogP contribution in [0, 0.1) is 6.92 Å². The van der Waals surface area contributed by atoms with Crippen LogP contribution in [0.15, 0.2) is 182 Å². The average Bonchev–Trinajstić information content (AvgIpc) is 3.85. The Balaban J connectivity index is 1.12. The number of fused-ring (bicyclic) bond motifs is 13. The molecule has 1 heterocycles. The monoisotopic (exact) mass is 732 g/mol. The zero-order valence-corrected chi connectivity index (χ0v) is 32.7. The third kappa shape index (κ3) is 4.90. The molecule has 0 N–H and O–H groups in total. The number of para-hydroxylation sites is 3. The van der Waals surface area contributed by atoms with E-state index in [4.69, 9.17) is 0 Å². The second-order valence-electron chi connectivity index (χ2n) is 16.1. The molecule has 2 atom stereocenters. The van der Waals surface area contributed by atoms with Gasteiger partial charge in [-0.2, -0.15) is 0 Å². The van der Waals surface area contributed by atoms with Gasteiger partial charge in [0.2, 0.25) is 0 Å². The van der Waals surface area contributed by atoms with E-state index in [9.17, 15) is 0 Å². The number of nitrogens with zero attached hydrogens (tertiary/aromatic N) is 2. The van der Waals surface area contributed by atoms with Gasteiger partial charge in [-0.15, -0.1) is 0 Å². The molecule has 0 fully saturated rings. The first-order valence-corrected chi connectivity index (χ1v) is 20.5. The summed E-state index contributed by atoms with van der Waals surface area (Å²) in [5, 5.41) is 2.54. The Kier molecular flexibility index (Phi) is 7.66. The van der Waals surface area contributed by atoms with Crippen LogP contribution in [0.5, 0.6) is 0 Å². The molecule has 11 rings (SSSR count). The lowest BCUT2D eigenvalue weighted by atomic mass is 9.69. The fourth-order valence-electron chi connectivity index (χ4n) is 10.3. The van der Waals surface area contributed by atoms with E-state index in [0.29, 0.717) is 5.92 Å². The predicted molar refractivity (Wildman–Crippen MR) is 240 cm³/mol. The zero-order valence-electron chi connectivity index (χ0n) is 32.7. The fourth-order valence-corrected chi connectivity index (χ4v) is 10.3. The Hall–Kier alpha value is -6.64. The van der Waals surface area contributed by atoms with Crippen LogP contribution in [0.25, 0.3) is 49.7 Å². The van der Waals surface area contributed by atoms with Crippen molar-refractivity contribution < 1.29 is 0 Å². The van der Waals surface area contributed by atoms with Crippen LogP contribution in [0.3, 0.4) is 0 Å². The van der Waals surface area contributed by atoms with Crippen molar-refractivity contribution in [2.24, 2.45) is 0 Å². The highest BCUT2D eigenvalue weighted by Crippen LogP contribution is 2.63. The van der Waals surface area contributed by atoms with Crippen molar-refractivity contribution in [2.75, 3.05) is 4.90 Å². The molecule has 274 valence electrons. The summed E-state index contributed by atoms with van der Waals surface area (Å²) in [4.78, 5) is 2.43. The first-order chi connectivity index (χ1) is 28.1. The summed E-state index contributed by atoms with van der Waals surface area (Å²) in [5.74, 6) is 0.490. The number of rotatable bonds is 7. The highest BCUT2D eigenvalue weighted by Gasteiger charge is 2.52. The summed E-state index contributed by atoms with van der Waals surface area (Å²) >= 11 is 0. The first kappa shape index (κ1) is 33.7. The van der Waals surface area contributed by atoms with Crippen molar-refractivity contribution in [1.29, 1.82) is 0 Å². The highest BCUT2D eigenvalue weighted by molar-refractivity contribution is 6.09. The van der Waals surface area contributed by atoms with Crippen molar-refractivity contribution in [2.45, 2.75) is 44.9 Å². The highest BCUT2D eigenvalue weighted by atomic mass is 15.1. The molecule has 2 aliphatic carbocycles. The first-order valence-electron chi connectivity index (χ1n) is 20.5. The van der Waals surface area contributed by atoms with Crippen LogP contribution in [0.4, 0.5) is 17.1 Å². The minimum absolute atomic E-state index is 0.427. The molecule has 2 aliphatic rings. The van der Waals surface area contributed by atoms with E-state index in [-0.39, 0.29) is 0 Å². The molecule has 1 aromatic heterocycles. The van der Waals surface area contributed by atoms with Gasteiger partial charge in [0.05, 0.1) is 16.4 Å². The van der Waals surface area contributed by atoms with E-state index >= 15 is 0 Å². The molecule has 0 saturated heterocycles. The summed E-state index contributed by atoms with van der Waals surface area (Å²) in [6.45, 7) is 6.93. The maximum absolute atomic E-state index is 2.56. The SMILES string of the molecule is CCCC(C)c1ccc2c(c1)C1(c3ccccc3-c3ccc(N(c4ccccc4)c4ccc(-n5c6ccccc6c6ccccc65)cc4)cc31)c1cc(C)ccc1-2. The van der Waals surface area contributed by atoms with Gasteiger partial charge in [-0.05, 0) is 130 Å². The maximum Gasteiger partial charge on any atom is 0.0726 e. The summed E-state index contributed by atoms with van der Waals surface area (Å²) in [6, 6.07) is 68.3. The van der Waals surface area contributed by atoms with Crippen LogP contribution < -0.4 is 4.90 Å². The third-order valence-corrected chi connectivity index (χ3v) is 12.9. The molecule has 9 aromatic rings. The topological polar surface area (TPSA) is 8.17 Å². The van der Waals surface area contributed by atoms with E-state index in [0.717, 1.165) is 22.7 Å². The Bertz CT molecular complexity index is 2950. The van der Waals surface area contributed by atoms with E-state index in [1.165, 1.54) is 90.3 Å².